The highest BCUT2D eigenvalue weighted by molar-refractivity contribution is 5.67. The summed E-state index contributed by atoms with van der Waals surface area (Å²) in [6, 6.07) is 0. The summed E-state index contributed by atoms with van der Waals surface area (Å²) in [5.41, 5.74) is 3.43. The minimum Gasteiger partial charge on any atom is -0.393 e. The van der Waals surface area contributed by atoms with Crippen LogP contribution in [0.25, 0.3) is 5.65 Å². The maximum absolute atomic E-state index is 10.0. The number of nitrogen functional groups attached to an aromatic ring is 1. The van der Waals surface area contributed by atoms with E-state index >= 15 is 0 Å². The molecule has 1 saturated heterocycles. The largest absolute Gasteiger partial charge is 0.393 e. The average molecular weight is 274 g/mol. The molecule has 20 heavy (non-hydrogen) atoms. The number of fused-ring (bicyclic) bond motifs is 2. The highest BCUT2D eigenvalue weighted by Crippen LogP contribution is 2.40. The molecule has 7 nitrogen and oxygen atoms in total. The molecule has 2 aliphatic rings. The topological polar surface area (TPSA) is 91.7 Å². The summed E-state index contributed by atoms with van der Waals surface area (Å²) < 4.78 is 1.92. The molecular formula is C13H18N6O. The number of nitrogens with two attached hydrogens (primary N) is 1. The number of hydrazine groups is 1. The highest BCUT2D eigenvalue weighted by Gasteiger charge is 2.42. The van der Waals surface area contributed by atoms with Gasteiger partial charge < -0.3 is 19.8 Å². The van der Waals surface area contributed by atoms with Crippen molar-refractivity contribution >= 4 is 17.3 Å². The molecule has 1 saturated carbocycles. The van der Waals surface area contributed by atoms with Crippen LogP contribution in [0.2, 0.25) is 0 Å². The molecule has 7 heteroatoms. The van der Waals surface area contributed by atoms with Gasteiger partial charge in [0.1, 0.15) is 0 Å². The van der Waals surface area contributed by atoms with Crippen LogP contribution < -0.4 is 16.2 Å². The zero-order valence-corrected chi connectivity index (χ0v) is 11.1. The fourth-order valence-corrected chi connectivity index (χ4v) is 3.61. The Morgan fingerprint density at radius 3 is 3.05 bits per heavy atom. The van der Waals surface area contributed by atoms with Gasteiger partial charge in [0.25, 0.3) is 0 Å². The van der Waals surface area contributed by atoms with Crippen LogP contribution in [0.3, 0.4) is 0 Å². The lowest BCUT2D eigenvalue weighted by Crippen LogP contribution is -2.26. The first kappa shape index (κ1) is 11.9. The number of anilines is 2. The molecular weight excluding hydrogens is 256 g/mol. The number of nitrogens with zero attached hydrogens (tertiary/aromatic N) is 4. The second kappa shape index (κ2) is 4.32. The molecule has 3 unspecified atom stereocenters. The Kier molecular flexibility index (Phi) is 2.58. The third kappa shape index (κ3) is 1.66. The Morgan fingerprint density at radius 1 is 1.35 bits per heavy atom. The second-order valence-electron chi connectivity index (χ2n) is 5.73. The van der Waals surface area contributed by atoms with Crippen LogP contribution in [0.4, 0.5) is 11.6 Å². The lowest BCUT2D eigenvalue weighted by Gasteiger charge is -2.20. The van der Waals surface area contributed by atoms with Crippen LogP contribution >= 0.6 is 0 Å². The van der Waals surface area contributed by atoms with E-state index in [-0.39, 0.29) is 6.10 Å². The van der Waals surface area contributed by atoms with Crippen LogP contribution in [0.5, 0.6) is 0 Å². The molecule has 2 fully saturated rings. The zero-order valence-electron chi connectivity index (χ0n) is 11.1. The van der Waals surface area contributed by atoms with E-state index < -0.39 is 0 Å². The number of nitrogens with one attached hydrogen (secondary N) is 1. The van der Waals surface area contributed by atoms with Gasteiger partial charge in [0.2, 0.25) is 0 Å². The van der Waals surface area contributed by atoms with Crippen molar-refractivity contribution in [2.75, 3.05) is 23.4 Å². The van der Waals surface area contributed by atoms with Crippen LogP contribution in [0.1, 0.15) is 12.8 Å². The van der Waals surface area contributed by atoms with Gasteiger partial charge in [-0.15, -0.1) is 0 Å². The number of rotatable bonds is 2. The molecule has 0 spiro atoms. The summed E-state index contributed by atoms with van der Waals surface area (Å²) in [6.45, 7) is 1.78. The van der Waals surface area contributed by atoms with E-state index in [0.717, 1.165) is 37.4 Å². The molecule has 0 amide bonds. The number of aromatic nitrogens is 3. The van der Waals surface area contributed by atoms with E-state index in [9.17, 15) is 5.11 Å². The van der Waals surface area contributed by atoms with E-state index in [1.807, 2.05) is 16.8 Å². The SMILES string of the molecule is NNc1cn2ccnc2c(N2CC3CCC(O)C3C2)n1. The average Bonchev–Trinajstić information content (AvgIpc) is 3.15. The van der Waals surface area contributed by atoms with E-state index in [2.05, 4.69) is 20.3 Å². The fraction of sp³-hybridized carbons (Fsp3) is 0.538. The second-order valence-corrected chi connectivity index (χ2v) is 5.73. The molecule has 2 aromatic heterocycles. The van der Waals surface area contributed by atoms with Crippen molar-refractivity contribution in [3.63, 3.8) is 0 Å². The number of imidazole rings is 1. The first-order chi connectivity index (χ1) is 9.76. The van der Waals surface area contributed by atoms with Crippen molar-refractivity contribution in [2.45, 2.75) is 18.9 Å². The molecule has 4 rings (SSSR count). The van der Waals surface area contributed by atoms with Crippen LogP contribution in [0, 0.1) is 11.8 Å². The summed E-state index contributed by atoms with van der Waals surface area (Å²) in [5.74, 6) is 7.87. The quantitative estimate of drug-likeness (QED) is 0.536. The summed E-state index contributed by atoms with van der Waals surface area (Å²) in [4.78, 5) is 11.2. The number of hydrogen-bond donors (Lipinski definition) is 3. The molecule has 3 atom stereocenters. The Morgan fingerprint density at radius 2 is 2.25 bits per heavy atom. The van der Waals surface area contributed by atoms with Gasteiger partial charge in [0.05, 0.1) is 12.3 Å². The molecule has 4 N–H and O–H groups in total. The molecule has 1 aliphatic carbocycles. The van der Waals surface area contributed by atoms with Crippen LogP contribution in [-0.4, -0.2) is 38.7 Å². The van der Waals surface area contributed by atoms with Crippen molar-refractivity contribution in [1.29, 1.82) is 0 Å². The van der Waals surface area contributed by atoms with E-state index in [4.69, 9.17) is 5.84 Å². The molecule has 0 bridgehead atoms. The van der Waals surface area contributed by atoms with E-state index in [1.54, 1.807) is 6.20 Å². The lowest BCUT2D eigenvalue weighted by atomic mass is 10.00. The van der Waals surface area contributed by atoms with Gasteiger partial charge in [-0.2, -0.15) is 0 Å². The maximum Gasteiger partial charge on any atom is 0.180 e. The zero-order chi connectivity index (χ0) is 13.7. The standard InChI is InChI=1S/C13H18N6O/c14-17-11-7-18-4-3-15-12(18)13(16-11)19-5-8-1-2-10(20)9(8)6-19/h3-4,7-10,17,20H,1-2,5-6,14H2. The normalized spacial score (nSPS) is 29.1. The summed E-state index contributed by atoms with van der Waals surface area (Å²) in [7, 11) is 0. The summed E-state index contributed by atoms with van der Waals surface area (Å²) in [5, 5.41) is 10.0. The summed E-state index contributed by atoms with van der Waals surface area (Å²) in [6.07, 6.45) is 7.32. The van der Waals surface area contributed by atoms with Crippen molar-refractivity contribution in [3.8, 4) is 0 Å². The van der Waals surface area contributed by atoms with Gasteiger partial charge >= 0.3 is 0 Å². The molecule has 0 aromatic carbocycles. The predicted molar refractivity (Wildman–Crippen MR) is 75.2 cm³/mol. The first-order valence-electron chi connectivity index (χ1n) is 6.99. The Bertz CT molecular complexity index is 641. The molecule has 106 valence electrons. The van der Waals surface area contributed by atoms with Crippen molar-refractivity contribution < 1.29 is 5.11 Å². The van der Waals surface area contributed by atoms with Crippen molar-refractivity contribution in [2.24, 2.45) is 17.7 Å². The van der Waals surface area contributed by atoms with Gasteiger partial charge in [0, 0.05) is 31.4 Å². The summed E-state index contributed by atoms with van der Waals surface area (Å²) >= 11 is 0. The van der Waals surface area contributed by atoms with Gasteiger partial charge in [-0.1, -0.05) is 0 Å². The maximum atomic E-state index is 10.0. The number of hydrogen-bond acceptors (Lipinski definition) is 6. The Labute approximate surface area is 116 Å². The predicted octanol–water partition coefficient (Wildman–Crippen LogP) is 0.222. The van der Waals surface area contributed by atoms with Crippen molar-refractivity contribution in [3.05, 3.63) is 18.6 Å². The smallest absolute Gasteiger partial charge is 0.180 e. The van der Waals surface area contributed by atoms with Crippen LogP contribution in [0.15, 0.2) is 18.6 Å². The van der Waals surface area contributed by atoms with Crippen LogP contribution in [-0.2, 0) is 0 Å². The van der Waals surface area contributed by atoms with Gasteiger partial charge in [-0.05, 0) is 18.8 Å². The lowest BCUT2D eigenvalue weighted by molar-refractivity contribution is 0.133. The number of aliphatic hydroxyl groups is 1. The van der Waals surface area contributed by atoms with Gasteiger partial charge in [0.15, 0.2) is 17.3 Å². The molecule has 3 heterocycles. The fourth-order valence-electron chi connectivity index (χ4n) is 3.61. The van der Waals surface area contributed by atoms with E-state index in [1.165, 1.54) is 0 Å². The Hall–Kier alpha value is -1.86. The van der Waals surface area contributed by atoms with E-state index in [0.29, 0.717) is 17.7 Å². The number of aliphatic hydroxyl groups excluding tert-OH is 1. The third-order valence-electron chi connectivity index (χ3n) is 4.62. The Balaban J connectivity index is 1.73. The molecule has 2 aromatic rings. The van der Waals surface area contributed by atoms with Gasteiger partial charge in [-0.3, -0.25) is 0 Å². The monoisotopic (exact) mass is 274 g/mol. The third-order valence-corrected chi connectivity index (χ3v) is 4.62. The molecule has 1 aliphatic heterocycles. The first-order valence-corrected chi connectivity index (χ1v) is 6.99. The highest BCUT2D eigenvalue weighted by atomic mass is 16.3. The molecule has 0 radical (unpaired) electrons. The minimum absolute atomic E-state index is 0.170. The van der Waals surface area contributed by atoms with Gasteiger partial charge in [-0.25, -0.2) is 15.8 Å². The van der Waals surface area contributed by atoms with Crippen molar-refractivity contribution in [1.82, 2.24) is 14.4 Å². The minimum atomic E-state index is -0.170.